The van der Waals surface area contributed by atoms with Crippen LogP contribution in [-0.2, 0) is 30.2 Å². The maximum absolute atomic E-state index is 10.7. The van der Waals surface area contributed by atoms with Crippen LogP contribution in [0.25, 0.3) is 0 Å². The van der Waals surface area contributed by atoms with E-state index in [1.807, 2.05) is 0 Å². The normalized spacial score (nSPS) is 18.0. The van der Waals surface area contributed by atoms with Crippen molar-refractivity contribution in [2.45, 2.75) is 40.1 Å². The third-order valence-corrected chi connectivity index (χ3v) is 3.69. The summed E-state index contributed by atoms with van der Waals surface area (Å²) in [4.78, 5) is 0. The molecule has 0 bridgehead atoms. The Kier molecular flexibility index (Phi) is 17.6. The van der Waals surface area contributed by atoms with Crippen LogP contribution < -0.4 is 0 Å². The van der Waals surface area contributed by atoms with Crippen molar-refractivity contribution in [3.05, 3.63) is 37.0 Å². The Hall–Kier alpha value is 0.779. The monoisotopic (exact) mass is 569 g/mol. The predicted molar refractivity (Wildman–Crippen MR) is 93.3 cm³/mol. The van der Waals surface area contributed by atoms with Gasteiger partial charge < -0.3 is 7.43 Å². The summed E-state index contributed by atoms with van der Waals surface area (Å²) in [5.41, 5.74) is -5.53. The molecule has 0 unspecified atom stereocenters. The molecule has 9 heteroatoms. The number of alkyl halides is 3. The van der Waals surface area contributed by atoms with Crippen molar-refractivity contribution in [2.24, 2.45) is 0 Å². The first-order chi connectivity index (χ1) is 9.54. The molecule has 0 saturated heterocycles. The van der Waals surface area contributed by atoms with E-state index < -0.39 is 15.6 Å². The van der Waals surface area contributed by atoms with Crippen molar-refractivity contribution < 1.29 is 46.2 Å². The van der Waals surface area contributed by atoms with Crippen LogP contribution in [0.5, 0.6) is 0 Å². The topological polar surface area (TPSA) is 54.4 Å². The van der Waals surface area contributed by atoms with E-state index in [1.165, 1.54) is 29.6 Å². The molecule has 1 aliphatic rings. The molecule has 0 heterocycles. The summed E-state index contributed by atoms with van der Waals surface area (Å²) in [5, 5.41) is 0. The molecular formula is C15H28F3IrO3PS-. The number of rotatable bonds is 0. The van der Waals surface area contributed by atoms with E-state index in [1.54, 1.807) is 0 Å². The van der Waals surface area contributed by atoms with E-state index in [0.717, 1.165) is 0 Å². The van der Waals surface area contributed by atoms with Gasteiger partial charge in [-0.25, -0.2) is 0 Å². The molecule has 0 amide bonds. The van der Waals surface area contributed by atoms with Gasteiger partial charge in [-0.1, -0.05) is 34.6 Å². The molecule has 148 valence electrons. The summed E-state index contributed by atoms with van der Waals surface area (Å²) < 4.78 is 57.5. The zero-order valence-electron chi connectivity index (χ0n) is 15.6. The average molecular weight is 569 g/mol. The van der Waals surface area contributed by atoms with Gasteiger partial charge in [-0.05, 0) is 49.6 Å². The van der Waals surface area contributed by atoms with Crippen molar-refractivity contribution in [3.8, 4) is 0 Å². The van der Waals surface area contributed by atoms with E-state index in [9.17, 15) is 13.2 Å². The van der Waals surface area contributed by atoms with Crippen molar-refractivity contribution in [1.82, 2.24) is 0 Å². The molecule has 0 aromatic heterocycles. The molecule has 1 aliphatic carbocycles. The zero-order valence-corrected chi connectivity index (χ0v) is 19.7. The Morgan fingerprint density at radius 1 is 0.792 bits per heavy atom. The summed E-state index contributed by atoms with van der Waals surface area (Å²) in [6, 6.07) is 0. The Balaban J connectivity index is -0.000000130. The maximum Gasteiger partial charge on any atom is 0.522 e. The first-order valence-corrected chi connectivity index (χ1v) is 10.5. The van der Waals surface area contributed by atoms with E-state index in [-0.39, 0.29) is 27.5 Å². The zero-order chi connectivity index (χ0) is 18.5. The van der Waals surface area contributed by atoms with E-state index in [2.05, 4.69) is 54.6 Å². The van der Waals surface area contributed by atoms with Crippen molar-refractivity contribution in [3.63, 3.8) is 0 Å². The second-order valence-corrected chi connectivity index (χ2v) is 9.48. The van der Waals surface area contributed by atoms with Crippen LogP contribution in [0.1, 0.15) is 34.6 Å². The van der Waals surface area contributed by atoms with Crippen LogP contribution >= 0.6 is 7.92 Å². The molecule has 0 spiro atoms. The molecule has 1 N–H and O–H groups in total. The van der Waals surface area contributed by atoms with Gasteiger partial charge in [-0.3, -0.25) is 4.55 Å². The quantitative estimate of drug-likeness (QED) is 0.190. The summed E-state index contributed by atoms with van der Waals surface area (Å²) in [6.07, 6.45) is 0. The third kappa shape index (κ3) is 12.2. The number of hydrogen-bond acceptors (Lipinski definition) is 2. The molecule has 24 heavy (non-hydrogen) atoms. The van der Waals surface area contributed by atoms with Crippen LogP contribution in [0.4, 0.5) is 13.2 Å². The van der Waals surface area contributed by atoms with Crippen molar-refractivity contribution in [2.75, 3.05) is 20.0 Å². The molecule has 3 nitrogen and oxygen atoms in total. The predicted octanol–water partition coefficient (Wildman–Crippen LogP) is 5.17. The molecule has 0 atom stereocenters. The SMILES string of the molecule is CP(C)C.C[C]1[C](C)[C](C)[C](C)[C]1C.O=S(=O)(O)C(F)(F)F.[CH3-].[Ir]. The average Bonchev–Trinajstić information content (AvgIpc) is 2.45. The van der Waals surface area contributed by atoms with Gasteiger partial charge in [-0.2, -0.15) is 21.6 Å². The number of hydrogen-bond donors (Lipinski definition) is 1. The molecule has 1 saturated carbocycles. The Labute approximate surface area is 161 Å². The maximum atomic E-state index is 10.7. The summed E-state index contributed by atoms with van der Waals surface area (Å²) >= 11 is 0. The summed E-state index contributed by atoms with van der Waals surface area (Å²) in [5.74, 6) is 7.34. The molecule has 6 radical (unpaired) electrons. The van der Waals surface area contributed by atoms with E-state index in [4.69, 9.17) is 13.0 Å². The van der Waals surface area contributed by atoms with Crippen molar-refractivity contribution >= 4 is 18.0 Å². The van der Waals surface area contributed by atoms with Gasteiger partial charge in [0.15, 0.2) is 0 Å². The Bertz CT molecular complexity index is 369. The minimum absolute atomic E-state index is 0. The minimum atomic E-state index is -5.84. The van der Waals surface area contributed by atoms with Crippen LogP contribution in [0.15, 0.2) is 0 Å². The fourth-order valence-electron chi connectivity index (χ4n) is 1.41. The summed E-state index contributed by atoms with van der Waals surface area (Å²) in [6.45, 7) is 17.7. The van der Waals surface area contributed by atoms with Gasteiger partial charge in [0, 0.05) is 20.1 Å². The summed E-state index contributed by atoms with van der Waals surface area (Å²) in [7, 11) is -5.46. The van der Waals surface area contributed by atoms with E-state index >= 15 is 0 Å². The van der Waals surface area contributed by atoms with Gasteiger partial charge in [-0.15, -0.1) is 7.92 Å². The van der Waals surface area contributed by atoms with Gasteiger partial charge in [0.25, 0.3) is 0 Å². The molecule has 1 rings (SSSR count). The first-order valence-electron chi connectivity index (χ1n) is 6.38. The Morgan fingerprint density at radius 3 is 0.917 bits per heavy atom. The molecule has 0 aromatic carbocycles. The van der Waals surface area contributed by atoms with Crippen LogP contribution in [0.2, 0.25) is 0 Å². The van der Waals surface area contributed by atoms with Gasteiger partial charge in [0.1, 0.15) is 0 Å². The van der Waals surface area contributed by atoms with Crippen LogP contribution in [-0.4, -0.2) is 38.5 Å². The standard InChI is InChI=1S/C10H15.C3H9P.CHF3O3S.CH3.Ir/c1-6-7(2)9(4)10(5)8(6)3;1-4(2)3;2-1(3,4)8(5,6)7;;/h1-5H3;1-3H3;(H,5,6,7);1H3;/q;;;-1;. The smallest absolute Gasteiger partial charge is 0.358 e. The fraction of sp³-hybridized carbons (Fsp3) is 0.600. The van der Waals surface area contributed by atoms with Crippen LogP contribution in [0.3, 0.4) is 0 Å². The fourth-order valence-corrected chi connectivity index (χ4v) is 1.41. The third-order valence-electron chi connectivity index (χ3n) is 3.10. The molecule has 0 aromatic rings. The first kappa shape index (κ1) is 32.5. The second kappa shape index (κ2) is 13.0. The molecule has 0 aliphatic heterocycles. The van der Waals surface area contributed by atoms with Gasteiger partial charge in [0.2, 0.25) is 0 Å². The largest absolute Gasteiger partial charge is 0.522 e. The van der Waals surface area contributed by atoms with Gasteiger partial charge >= 0.3 is 15.6 Å². The van der Waals surface area contributed by atoms with E-state index in [0.29, 0.717) is 7.92 Å². The van der Waals surface area contributed by atoms with Crippen molar-refractivity contribution in [1.29, 1.82) is 0 Å². The number of halogens is 3. The molecular weight excluding hydrogens is 540 g/mol. The Morgan fingerprint density at radius 2 is 0.875 bits per heavy atom. The molecule has 1 fully saturated rings. The second-order valence-electron chi connectivity index (χ2n) is 5.39. The minimum Gasteiger partial charge on any atom is -0.358 e. The van der Waals surface area contributed by atoms with Gasteiger partial charge in [0.05, 0.1) is 0 Å². The van der Waals surface area contributed by atoms with Crippen LogP contribution in [0, 0.1) is 37.0 Å².